The molecule has 6 rings (SSSR count). The van der Waals surface area contributed by atoms with Crippen LogP contribution in [0.25, 0.3) is 16.9 Å². The average Bonchev–Trinajstić information content (AvgIpc) is 3.57. The number of likely N-dealkylation sites (N-methyl/N-ethyl adjacent to an activating group) is 1. The topological polar surface area (TPSA) is 63.7 Å². The second kappa shape index (κ2) is 9.92. The molecule has 2 aromatic carbocycles. The summed E-state index contributed by atoms with van der Waals surface area (Å²) in [5, 5.41) is 14.7. The summed E-state index contributed by atoms with van der Waals surface area (Å²) in [4.78, 5) is 11.6. The lowest BCUT2D eigenvalue weighted by atomic mass is 10.0. The van der Waals surface area contributed by atoms with Crippen molar-refractivity contribution in [1.29, 1.82) is 5.26 Å². The van der Waals surface area contributed by atoms with Crippen molar-refractivity contribution in [2.24, 2.45) is 0 Å². The van der Waals surface area contributed by atoms with Crippen molar-refractivity contribution in [1.82, 2.24) is 24.4 Å². The largest absolute Gasteiger partial charge is 0.348 e. The fourth-order valence-corrected chi connectivity index (χ4v) is 5.55. The molecular formula is C29H30FN7. The van der Waals surface area contributed by atoms with Crippen molar-refractivity contribution >= 4 is 11.5 Å². The van der Waals surface area contributed by atoms with Gasteiger partial charge in [0, 0.05) is 44.8 Å². The number of benzene rings is 2. The van der Waals surface area contributed by atoms with Gasteiger partial charge >= 0.3 is 0 Å². The molecular weight excluding hydrogens is 465 g/mol. The molecule has 1 unspecified atom stereocenters. The summed E-state index contributed by atoms with van der Waals surface area (Å²) in [6, 6.07) is 19.3. The number of nitrogens with zero attached hydrogens (tertiary/aromatic N) is 7. The molecule has 0 radical (unpaired) electrons. The van der Waals surface area contributed by atoms with Gasteiger partial charge in [-0.05, 0) is 67.4 Å². The number of nitriles is 1. The molecule has 0 amide bonds. The van der Waals surface area contributed by atoms with Gasteiger partial charge in [-0.25, -0.2) is 13.9 Å². The highest BCUT2D eigenvalue weighted by atomic mass is 19.1. The fraction of sp³-hybridized carbons (Fsp3) is 0.345. The van der Waals surface area contributed by atoms with Gasteiger partial charge in [-0.1, -0.05) is 18.2 Å². The maximum Gasteiger partial charge on any atom is 0.154 e. The third-order valence-corrected chi connectivity index (χ3v) is 7.64. The number of hydrogen-bond acceptors (Lipinski definition) is 6. The predicted octanol–water partition coefficient (Wildman–Crippen LogP) is 4.50. The molecule has 0 saturated carbocycles. The van der Waals surface area contributed by atoms with E-state index in [4.69, 9.17) is 5.10 Å². The van der Waals surface area contributed by atoms with E-state index in [0.717, 1.165) is 86.0 Å². The van der Waals surface area contributed by atoms with Crippen LogP contribution in [0.15, 0.2) is 60.8 Å². The van der Waals surface area contributed by atoms with Gasteiger partial charge in [-0.3, -0.25) is 4.90 Å². The standard InChI is InChI=1S/C29H30FN7/c1-34-12-14-35(15-13-34)20-24-16-22(7-8-23(24)18-31)27-19-32-28-9-10-29(33-37(27)28)36-11-3-6-26(36)21-4-2-5-25(30)17-21/h2,4-5,7-10,16-17,19,26H,3,6,11-15,20H2,1H3. The molecule has 4 heterocycles. The maximum atomic E-state index is 13.9. The van der Waals surface area contributed by atoms with Crippen molar-refractivity contribution < 1.29 is 4.39 Å². The van der Waals surface area contributed by atoms with Gasteiger partial charge in [0.05, 0.1) is 29.6 Å². The number of anilines is 1. The first-order valence-corrected chi connectivity index (χ1v) is 12.9. The first kappa shape index (κ1) is 23.6. The highest BCUT2D eigenvalue weighted by Crippen LogP contribution is 2.36. The zero-order valence-corrected chi connectivity index (χ0v) is 21.0. The second-order valence-corrected chi connectivity index (χ2v) is 10.1. The van der Waals surface area contributed by atoms with Crippen molar-refractivity contribution in [2.75, 3.05) is 44.7 Å². The number of fused-ring (bicyclic) bond motifs is 1. The van der Waals surface area contributed by atoms with Crippen molar-refractivity contribution in [2.45, 2.75) is 25.4 Å². The maximum absolute atomic E-state index is 13.9. The quantitative estimate of drug-likeness (QED) is 0.406. The molecule has 2 aromatic heterocycles. The van der Waals surface area contributed by atoms with Gasteiger partial charge in [0.2, 0.25) is 0 Å². The molecule has 188 valence electrons. The first-order valence-electron chi connectivity index (χ1n) is 12.9. The molecule has 2 aliphatic heterocycles. The minimum atomic E-state index is -0.210. The summed E-state index contributed by atoms with van der Waals surface area (Å²) in [6.07, 6.45) is 3.84. The van der Waals surface area contributed by atoms with Crippen LogP contribution in [0.5, 0.6) is 0 Å². The van der Waals surface area contributed by atoms with Crippen LogP contribution in [0.3, 0.4) is 0 Å². The smallest absolute Gasteiger partial charge is 0.154 e. The Morgan fingerprint density at radius 3 is 2.70 bits per heavy atom. The number of rotatable bonds is 5. The van der Waals surface area contributed by atoms with Gasteiger partial charge in [-0.2, -0.15) is 5.26 Å². The minimum Gasteiger partial charge on any atom is -0.348 e. The predicted molar refractivity (Wildman–Crippen MR) is 142 cm³/mol. The van der Waals surface area contributed by atoms with E-state index in [1.807, 2.05) is 41.0 Å². The van der Waals surface area contributed by atoms with Crippen molar-refractivity contribution in [3.05, 3.63) is 83.3 Å². The number of aromatic nitrogens is 3. The molecule has 0 spiro atoms. The molecule has 0 bridgehead atoms. The molecule has 0 aliphatic carbocycles. The number of halogens is 1. The second-order valence-electron chi connectivity index (χ2n) is 10.1. The summed E-state index contributed by atoms with van der Waals surface area (Å²) in [5.41, 5.74) is 5.36. The number of imidazole rings is 1. The fourth-order valence-electron chi connectivity index (χ4n) is 5.55. The van der Waals surface area contributed by atoms with Crippen LogP contribution in [0.2, 0.25) is 0 Å². The molecule has 4 aromatic rings. The Kier molecular flexibility index (Phi) is 6.33. The van der Waals surface area contributed by atoms with E-state index in [1.54, 1.807) is 12.1 Å². The van der Waals surface area contributed by atoms with Crippen LogP contribution < -0.4 is 4.90 Å². The van der Waals surface area contributed by atoms with Crippen LogP contribution in [0.1, 0.15) is 35.6 Å². The Labute approximate surface area is 216 Å². The van der Waals surface area contributed by atoms with E-state index in [9.17, 15) is 9.65 Å². The van der Waals surface area contributed by atoms with Gasteiger partial charge in [-0.15, -0.1) is 5.10 Å². The first-order chi connectivity index (χ1) is 18.1. The minimum absolute atomic E-state index is 0.0951. The molecule has 2 aliphatic rings. The summed E-state index contributed by atoms with van der Waals surface area (Å²) in [7, 11) is 2.15. The number of piperazine rings is 1. The Balaban J connectivity index is 1.33. The van der Waals surface area contributed by atoms with Gasteiger partial charge in [0.15, 0.2) is 5.65 Å². The molecule has 37 heavy (non-hydrogen) atoms. The lowest BCUT2D eigenvalue weighted by Gasteiger charge is -2.32. The Morgan fingerprint density at radius 1 is 1.03 bits per heavy atom. The number of hydrogen-bond donors (Lipinski definition) is 0. The van der Waals surface area contributed by atoms with Crippen LogP contribution >= 0.6 is 0 Å². The Morgan fingerprint density at radius 2 is 1.89 bits per heavy atom. The molecule has 2 saturated heterocycles. The van der Waals surface area contributed by atoms with Crippen molar-refractivity contribution in [3.63, 3.8) is 0 Å². The molecule has 8 heteroatoms. The molecule has 2 fully saturated rings. The lowest BCUT2D eigenvalue weighted by molar-refractivity contribution is 0.148. The van der Waals surface area contributed by atoms with Crippen LogP contribution in [-0.2, 0) is 6.54 Å². The van der Waals surface area contributed by atoms with E-state index in [-0.39, 0.29) is 11.9 Å². The van der Waals surface area contributed by atoms with Gasteiger partial charge in [0.25, 0.3) is 0 Å². The van der Waals surface area contributed by atoms with Crippen molar-refractivity contribution in [3.8, 4) is 17.3 Å². The highest BCUT2D eigenvalue weighted by molar-refractivity contribution is 5.66. The van der Waals surface area contributed by atoms with Crippen LogP contribution in [0, 0.1) is 17.1 Å². The summed E-state index contributed by atoms with van der Waals surface area (Å²) < 4.78 is 15.8. The molecule has 0 N–H and O–H groups in total. The highest BCUT2D eigenvalue weighted by Gasteiger charge is 2.28. The van der Waals surface area contributed by atoms with Gasteiger partial charge < -0.3 is 9.80 Å². The average molecular weight is 496 g/mol. The Hall–Kier alpha value is -3.80. The molecule has 7 nitrogen and oxygen atoms in total. The third kappa shape index (κ3) is 4.68. The molecule has 1 atom stereocenters. The van der Waals surface area contributed by atoms with Crippen LogP contribution in [0.4, 0.5) is 10.2 Å². The normalized spacial score (nSPS) is 18.9. The monoisotopic (exact) mass is 495 g/mol. The lowest BCUT2D eigenvalue weighted by Crippen LogP contribution is -2.43. The van der Waals surface area contributed by atoms with E-state index >= 15 is 0 Å². The summed E-state index contributed by atoms with van der Waals surface area (Å²) in [5.74, 6) is 0.641. The zero-order valence-electron chi connectivity index (χ0n) is 21.0. The van der Waals surface area contributed by atoms with Crippen LogP contribution in [-0.4, -0.2) is 64.2 Å². The van der Waals surface area contributed by atoms with E-state index in [1.165, 1.54) is 6.07 Å². The van der Waals surface area contributed by atoms with E-state index < -0.39 is 0 Å². The summed E-state index contributed by atoms with van der Waals surface area (Å²) in [6.45, 7) is 5.69. The van der Waals surface area contributed by atoms with Gasteiger partial charge in [0.1, 0.15) is 11.6 Å². The summed E-state index contributed by atoms with van der Waals surface area (Å²) >= 11 is 0. The SMILES string of the molecule is CN1CCN(Cc2cc(-c3cnc4ccc(N5CCCC5c5cccc(F)c5)nn34)ccc2C#N)CC1. The third-order valence-electron chi connectivity index (χ3n) is 7.64. The zero-order chi connectivity index (χ0) is 25.4. The van der Waals surface area contributed by atoms with E-state index in [0.29, 0.717) is 5.56 Å². The van der Waals surface area contributed by atoms with E-state index in [2.05, 4.69) is 38.9 Å². The Bertz CT molecular complexity index is 1460.